The second-order valence-electron chi connectivity index (χ2n) is 6.52. The zero-order valence-corrected chi connectivity index (χ0v) is 18.4. The number of nitriles is 1. The lowest BCUT2D eigenvalue weighted by Gasteiger charge is -2.32. The molecular weight excluding hydrogens is 438 g/mol. The van der Waals surface area contributed by atoms with Crippen molar-refractivity contribution in [1.82, 2.24) is 0 Å². The molecule has 0 amide bonds. The second kappa shape index (κ2) is 12.3. The number of carbonyl (C=O) groups is 2. The van der Waals surface area contributed by atoms with E-state index in [-0.39, 0.29) is 50.0 Å². The van der Waals surface area contributed by atoms with Gasteiger partial charge in [-0.3, -0.25) is 4.79 Å². The molecule has 0 bridgehead atoms. The molecule has 0 spiro atoms. The molecule has 0 aliphatic carbocycles. The second-order valence-corrected chi connectivity index (χ2v) is 6.93. The van der Waals surface area contributed by atoms with E-state index in [1.807, 2.05) is 6.07 Å². The Morgan fingerprint density at radius 3 is 2.72 bits per heavy atom. The van der Waals surface area contributed by atoms with Gasteiger partial charge in [0.25, 0.3) is 0 Å². The van der Waals surface area contributed by atoms with E-state index in [4.69, 9.17) is 36.6 Å². The van der Waals surface area contributed by atoms with Crippen molar-refractivity contribution in [2.24, 2.45) is 16.0 Å². The fourth-order valence-electron chi connectivity index (χ4n) is 3.26. The van der Waals surface area contributed by atoms with Crippen LogP contribution in [0.15, 0.2) is 45.6 Å². The van der Waals surface area contributed by atoms with Crippen molar-refractivity contribution < 1.29 is 23.8 Å². The molecule has 32 heavy (non-hydrogen) atoms. The highest BCUT2D eigenvalue weighted by Crippen LogP contribution is 2.42. The molecule has 1 aliphatic heterocycles. The van der Waals surface area contributed by atoms with Crippen LogP contribution in [0.25, 0.3) is 10.4 Å². The number of hydrogen-bond donors (Lipinski definition) is 0. The predicted molar refractivity (Wildman–Crippen MR) is 116 cm³/mol. The van der Waals surface area contributed by atoms with Gasteiger partial charge in [0.2, 0.25) is 5.90 Å². The topological polar surface area (TPSA) is 147 Å². The molecule has 2 rings (SSSR count). The fraction of sp³-hybridized carbons (Fsp3) is 0.429. The summed E-state index contributed by atoms with van der Waals surface area (Å²) < 4.78 is 16.2. The van der Waals surface area contributed by atoms with Gasteiger partial charge in [-0.15, -0.1) is 0 Å². The first-order chi connectivity index (χ1) is 15.5. The van der Waals surface area contributed by atoms with Crippen LogP contribution in [0.5, 0.6) is 0 Å². The third-order valence-electron chi connectivity index (χ3n) is 4.53. The number of ether oxygens (including phenoxy) is 3. The Kier molecular flexibility index (Phi) is 9.54. The molecule has 2 unspecified atom stereocenters. The van der Waals surface area contributed by atoms with Gasteiger partial charge in [0.05, 0.1) is 43.5 Å². The van der Waals surface area contributed by atoms with Crippen molar-refractivity contribution in [2.75, 3.05) is 26.4 Å². The summed E-state index contributed by atoms with van der Waals surface area (Å²) in [5.74, 6) is -3.37. The first kappa shape index (κ1) is 24.7. The minimum Gasteiger partial charge on any atom is -0.480 e. The molecule has 11 heteroatoms. The van der Waals surface area contributed by atoms with E-state index in [2.05, 4.69) is 15.0 Å². The number of rotatable bonds is 9. The summed E-state index contributed by atoms with van der Waals surface area (Å²) in [7, 11) is 0. The van der Waals surface area contributed by atoms with Gasteiger partial charge in [-0.2, -0.15) is 5.26 Å². The van der Waals surface area contributed by atoms with Crippen molar-refractivity contribution in [3.8, 4) is 6.07 Å². The van der Waals surface area contributed by atoms with Crippen LogP contribution in [0.3, 0.4) is 0 Å². The number of allylic oxidation sites excluding steroid dienone is 1. The van der Waals surface area contributed by atoms with Crippen molar-refractivity contribution in [3.05, 3.63) is 56.6 Å². The maximum atomic E-state index is 13.0. The average Bonchev–Trinajstić information content (AvgIpc) is 2.76. The molecule has 0 N–H and O–H groups in total. The zero-order chi connectivity index (χ0) is 23.5. The third kappa shape index (κ3) is 6.00. The van der Waals surface area contributed by atoms with Crippen molar-refractivity contribution in [1.29, 1.82) is 5.26 Å². The van der Waals surface area contributed by atoms with Gasteiger partial charge in [0.15, 0.2) is 0 Å². The van der Waals surface area contributed by atoms with Crippen molar-refractivity contribution in [3.63, 3.8) is 0 Å². The summed E-state index contributed by atoms with van der Waals surface area (Å²) in [5.41, 5.74) is 9.35. The molecule has 1 aliphatic rings. The molecule has 1 aromatic rings. The molecule has 0 saturated carbocycles. The van der Waals surface area contributed by atoms with Gasteiger partial charge in [-0.05, 0) is 31.0 Å². The smallest absolute Gasteiger partial charge is 0.336 e. The minimum atomic E-state index is -1.12. The van der Waals surface area contributed by atoms with Crippen LogP contribution in [0.2, 0.25) is 5.02 Å². The first-order valence-corrected chi connectivity index (χ1v) is 10.2. The van der Waals surface area contributed by atoms with E-state index < -0.39 is 23.8 Å². The maximum absolute atomic E-state index is 13.0. The first-order valence-electron chi connectivity index (χ1n) is 9.84. The Morgan fingerprint density at radius 2 is 2.06 bits per heavy atom. The van der Waals surface area contributed by atoms with Crippen LogP contribution in [0.1, 0.15) is 31.7 Å². The third-order valence-corrected chi connectivity index (χ3v) is 4.87. The molecule has 0 saturated heterocycles. The zero-order valence-electron chi connectivity index (χ0n) is 17.7. The van der Waals surface area contributed by atoms with Gasteiger partial charge in [-0.1, -0.05) is 34.9 Å². The van der Waals surface area contributed by atoms with Crippen LogP contribution in [0, 0.1) is 17.2 Å². The number of nitrogens with zero attached hydrogens (tertiary/aromatic N) is 5. The van der Waals surface area contributed by atoms with Crippen LogP contribution in [-0.4, -0.2) is 44.2 Å². The van der Waals surface area contributed by atoms with E-state index in [1.54, 1.807) is 38.1 Å². The van der Waals surface area contributed by atoms with E-state index in [9.17, 15) is 9.59 Å². The lowest BCUT2D eigenvalue weighted by atomic mass is 9.77. The Hall–Kier alpha value is -3.54. The molecule has 0 aromatic heterocycles. The Balaban J connectivity index is 2.60. The SMILES string of the molecule is CCOC(=O)C1C(OCCN=[N+]=[N-])=NC(C)=C(C(=O)OCCC#N)C1c1ccccc1Cl. The van der Waals surface area contributed by atoms with Crippen LogP contribution < -0.4 is 0 Å². The van der Waals surface area contributed by atoms with Crippen LogP contribution >= 0.6 is 11.6 Å². The maximum Gasteiger partial charge on any atom is 0.336 e. The molecule has 1 heterocycles. The van der Waals surface area contributed by atoms with Gasteiger partial charge in [-0.25, -0.2) is 9.79 Å². The van der Waals surface area contributed by atoms with Crippen LogP contribution in [-0.2, 0) is 23.8 Å². The Labute approximate surface area is 190 Å². The van der Waals surface area contributed by atoms with Gasteiger partial charge >= 0.3 is 11.9 Å². The number of hydrogen-bond acceptors (Lipinski definition) is 8. The molecule has 0 radical (unpaired) electrons. The van der Waals surface area contributed by atoms with E-state index >= 15 is 0 Å². The summed E-state index contributed by atoms with van der Waals surface area (Å²) in [6.45, 7) is 3.23. The largest absolute Gasteiger partial charge is 0.480 e. The standard InChI is InChI=1S/C21H22ClN5O5/c1-3-30-21(29)18-17(14-7-4-5-8-15(14)22)16(20(28)32-11-6-9-23)13(2)26-19(18)31-12-10-25-27-24/h4-5,7-8,17-18H,3,6,10-12H2,1-2H3. The summed E-state index contributed by atoms with van der Waals surface area (Å²) in [5, 5.41) is 12.5. The monoisotopic (exact) mass is 459 g/mol. The summed E-state index contributed by atoms with van der Waals surface area (Å²) in [6, 6.07) is 8.69. The molecule has 10 nitrogen and oxygen atoms in total. The number of carbonyl (C=O) groups excluding carboxylic acids is 2. The average molecular weight is 460 g/mol. The lowest BCUT2D eigenvalue weighted by Crippen LogP contribution is -2.39. The van der Waals surface area contributed by atoms with Crippen LogP contribution in [0.4, 0.5) is 0 Å². The van der Waals surface area contributed by atoms with E-state index in [1.165, 1.54) is 0 Å². The van der Waals surface area contributed by atoms with E-state index in [0.29, 0.717) is 10.6 Å². The molecule has 0 fully saturated rings. The number of benzene rings is 1. The Morgan fingerprint density at radius 1 is 1.31 bits per heavy atom. The number of azide groups is 1. The van der Waals surface area contributed by atoms with Crippen molar-refractivity contribution in [2.45, 2.75) is 26.2 Å². The normalized spacial score (nSPS) is 17.5. The molecule has 1 aromatic carbocycles. The number of halogens is 1. The molecule has 168 valence electrons. The summed E-state index contributed by atoms with van der Waals surface area (Å²) in [6.07, 6.45) is 0.0210. The summed E-state index contributed by atoms with van der Waals surface area (Å²) >= 11 is 6.44. The molecular formula is C21H22ClN5O5. The van der Waals surface area contributed by atoms with Gasteiger partial charge in [0, 0.05) is 15.9 Å². The number of esters is 2. The fourth-order valence-corrected chi connectivity index (χ4v) is 3.51. The number of aliphatic imine (C=N–C) groups is 1. The highest BCUT2D eigenvalue weighted by molar-refractivity contribution is 6.31. The van der Waals surface area contributed by atoms with E-state index in [0.717, 1.165) is 0 Å². The predicted octanol–water partition coefficient (Wildman–Crippen LogP) is 4.07. The minimum absolute atomic E-state index is 0.0209. The highest BCUT2D eigenvalue weighted by atomic mass is 35.5. The van der Waals surface area contributed by atoms with Crippen molar-refractivity contribution >= 4 is 29.4 Å². The van der Waals surface area contributed by atoms with Gasteiger partial charge < -0.3 is 14.2 Å². The quantitative estimate of drug-likeness (QED) is 0.179. The Bertz CT molecular complexity index is 1010. The lowest BCUT2D eigenvalue weighted by molar-refractivity contribution is -0.146. The highest BCUT2D eigenvalue weighted by Gasteiger charge is 2.45. The summed E-state index contributed by atoms with van der Waals surface area (Å²) in [4.78, 5) is 33.0. The molecule has 2 atom stereocenters. The van der Waals surface area contributed by atoms with Gasteiger partial charge in [0.1, 0.15) is 12.5 Å².